The van der Waals surface area contributed by atoms with Crippen LogP contribution in [-0.4, -0.2) is 11.1 Å². The largest absolute Gasteiger partial charge is 0.481 e. The maximum absolute atomic E-state index is 10.4. The Bertz CT molecular complexity index is 501. The minimum Gasteiger partial charge on any atom is -0.481 e. The van der Waals surface area contributed by atoms with Gasteiger partial charge >= 0.3 is 5.97 Å². The van der Waals surface area contributed by atoms with Crippen molar-refractivity contribution in [1.29, 1.82) is 0 Å². The second-order valence-electron chi connectivity index (χ2n) is 9.03. The van der Waals surface area contributed by atoms with Crippen molar-refractivity contribution in [3.63, 3.8) is 0 Å². The molecule has 1 fully saturated rings. The summed E-state index contributed by atoms with van der Waals surface area (Å²) in [6.07, 6.45) is 35.0. The molecule has 0 heterocycles. The molecule has 0 spiro atoms. The van der Waals surface area contributed by atoms with Gasteiger partial charge in [-0.1, -0.05) is 94.2 Å². The molecule has 0 bridgehead atoms. The van der Waals surface area contributed by atoms with Crippen LogP contribution in [0.3, 0.4) is 0 Å². The van der Waals surface area contributed by atoms with Crippen LogP contribution >= 0.6 is 0 Å². The molecule has 172 valence electrons. The third-order valence-corrected chi connectivity index (χ3v) is 6.08. The van der Waals surface area contributed by atoms with Crippen LogP contribution in [0.25, 0.3) is 0 Å². The number of rotatable bonds is 21. The third-order valence-electron chi connectivity index (χ3n) is 6.08. The second kappa shape index (κ2) is 19.6. The second-order valence-corrected chi connectivity index (χ2v) is 9.03. The normalized spacial score (nSPS) is 17.5. The number of carboxylic acid groups (broad SMARTS) is 1. The van der Waals surface area contributed by atoms with Crippen LogP contribution in [0.5, 0.6) is 0 Å². The summed E-state index contributed by atoms with van der Waals surface area (Å²) < 4.78 is 0. The summed E-state index contributed by atoms with van der Waals surface area (Å²) in [7, 11) is 0. The van der Waals surface area contributed by atoms with E-state index in [-0.39, 0.29) is 6.42 Å². The summed E-state index contributed by atoms with van der Waals surface area (Å²) >= 11 is 0. The molecule has 1 atom stereocenters. The average molecular weight is 417 g/mol. The molecule has 1 aliphatic carbocycles. The molecular formula is C28H48O2. The predicted octanol–water partition coefficient (Wildman–Crippen LogP) is 9.17. The lowest BCUT2D eigenvalue weighted by Crippen LogP contribution is -1.92. The molecule has 0 aromatic carbocycles. The van der Waals surface area contributed by atoms with Crippen molar-refractivity contribution >= 4 is 5.97 Å². The maximum atomic E-state index is 10.4. The van der Waals surface area contributed by atoms with Crippen molar-refractivity contribution < 1.29 is 9.90 Å². The van der Waals surface area contributed by atoms with Crippen LogP contribution in [0.4, 0.5) is 0 Å². The molecule has 2 nitrogen and oxygen atoms in total. The number of hydrogen-bond donors (Lipinski definition) is 1. The number of hydrogen-bond acceptors (Lipinski definition) is 1. The zero-order valence-corrected chi connectivity index (χ0v) is 19.8. The van der Waals surface area contributed by atoms with Gasteiger partial charge in [-0.2, -0.15) is 0 Å². The van der Waals surface area contributed by atoms with Gasteiger partial charge in [0.25, 0.3) is 0 Å². The summed E-state index contributed by atoms with van der Waals surface area (Å²) in [6, 6.07) is 0. The van der Waals surface area contributed by atoms with Crippen LogP contribution in [-0.2, 0) is 4.79 Å². The SMILES string of the molecule is CCCCCC/C=C\CCCCCCCC[C@@H]1CC1=CCC/C=C\CCCC(=O)O. The van der Waals surface area contributed by atoms with Gasteiger partial charge in [-0.25, -0.2) is 0 Å². The summed E-state index contributed by atoms with van der Waals surface area (Å²) in [5.41, 5.74) is 1.69. The van der Waals surface area contributed by atoms with E-state index in [1.165, 1.54) is 89.9 Å². The molecular weight excluding hydrogens is 368 g/mol. The van der Waals surface area contributed by atoms with Gasteiger partial charge < -0.3 is 5.11 Å². The Balaban J connectivity index is 1.81. The highest BCUT2D eigenvalue weighted by atomic mass is 16.4. The first-order valence-electron chi connectivity index (χ1n) is 12.9. The first-order chi connectivity index (χ1) is 14.7. The molecule has 0 aliphatic heterocycles. The van der Waals surface area contributed by atoms with E-state index in [1.54, 1.807) is 5.57 Å². The Kier molecular flexibility index (Phi) is 17.5. The lowest BCUT2D eigenvalue weighted by molar-refractivity contribution is -0.137. The highest BCUT2D eigenvalue weighted by molar-refractivity contribution is 5.66. The number of aliphatic carboxylic acids is 1. The maximum Gasteiger partial charge on any atom is 0.303 e. The van der Waals surface area contributed by atoms with E-state index < -0.39 is 5.97 Å². The van der Waals surface area contributed by atoms with Crippen LogP contribution in [0, 0.1) is 5.92 Å². The van der Waals surface area contributed by atoms with Crippen LogP contribution in [0.2, 0.25) is 0 Å². The number of carbonyl (C=O) groups is 1. The zero-order valence-electron chi connectivity index (χ0n) is 19.8. The minimum atomic E-state index is -0.691. The van der Waals surface area contributed by atoms with Gasteiger partial charge in [-0.05, 0) is 70.1 Å². The average Bonchev–Trinajstić information content (AvgIpc) is 3.48. The van der Waals surface area contributed by atoms with Gasteiger partial charge in [0.1, 0.15) is 0 Å². The number of allylic oxidation sites excluding steroid dienone is 6. The first kappa shape index (κ1) is 26.7. The van der Waals surface area contributed by atoms with Crippen molar-refractivity contribution in [3.8, 4) is 0 Å². The smallest absolute Gasteiger partial charge is 0.303 e. The molecule has 0 unspecified atom stereocenters. The lowest BCUT2D eigenvalue weighted by Gasteiger charge is -2.00. The third kappa shape index (κ3) is 17.5. The minimum absolute atomic E-state index is 0.284. The molecule has 0 aromatic rings. The summed E-state index contributed by atoms with van der Waals surface area (Å²) in [5, 5.41) is 8.59. The zero-order chi connectivity index (χ0) is 21.7. The van der Waals surface area contributed by atoms with E-state index in [9.17, 15) is 4.79 Å². The lowest BCUT2D eigenvalue weighted by atomic mass is 10.1. The van der Waals surface area contributed by atoms with Gasteiger partial charge in [-0.3, -0.25) is 4.79 Å². The van der Waals surface area contributed by atoms with E-state index in [4.69, 9.17) is 5.11 Å². The summed E-state index contributed by atoms with van der Waals surface area (Å²) in [6.45, 7) is 2.27. The number of unbranched alkanes of at least 4 members (excludes halogenated alkanes) is 12. The first-order valence-corrected chi connectivity index (χ1v) is 12.9. The van der Waals surface area contributed by atoms with Crippen LogP contribution < -0.4 is 0 Å². The van der Waals surface area contributed by atoms with E-state index in [0.29, 0.717) is 0 Å². The van der Waals surface area contributed by atoms with Gasteiger partial charge in [0.05, 0.1) is 0 Å². The molecule has 1 aliphatic rings. The molecule has 1 N–H and O–H groups in total. The quantitative estimate of drug-likeness (QED) is 0.149. The Hall–Kier alpha value is -1.31. The Morgan fingerprint density at radius 1 is 0.767 bits per heavy atom. The van der Waals surface area contributed by atoms with Crippen molar-refractivity contribution in [3.05, 3.63) is 36.0 Å². The monoisotopic (exact) mass is 416 g/mol. The predicted molar refractivity (Wildman–Crippen MR) is 131 cm³/mol. The van der Waals surface area contributed by atoms with Crippen molar-refractivity contribution in [1.82, 2.24) is 0 Å². The molecule has 0 aromatic heterocycles. The summed E-state index contributed by atoms with van der Waals surface area (Å²) in [5.74, 6) is 0.205. The van der Waals surface area contributed by atoms with Crippen molar-refractivity contribution in [2.75, 3.05) is 0 Å². The van der Waals surface area contributed by atoms with E-state index in [2.05, 4.69) is 37.3 Å². The fraction of sp³-hybridized carbons (Fsp3) is 0.750. The topological polar surface area (TPSA) is 37.3 Å². The Labute approximate surface area is 186 Å². The molecule has 1 rings (SSSR count). The van der Waals surface area contributed by atoms with E-state index in [0.717, 1.165) is 31.6 Å². The fourth-order valence-electron chi connectivity index (χ4n) is 4.02. The van der Waals surface area contributed by atoms with Crippen LogP contribution in [0.15, 0.2) is 36.0 Å². The Morgan fingerprint density at radius 2 is 1.33 bits per heavy atom. The number of carboxylic acids is 1. The van der Waals surface area contributed by atoms with Gasteiger partial charge in [0.2, 0.25) is 0 Å². The molecule has 0 saturated heterocycles. The van der Waals surface area contributed by atoms with Crippen LogP contribution in [0.1, 0.15) is 129 Å². The van der Waals surface area contributed by atoms with Crippen molar-refractivity contribution in [2.24, 2.45) is 5.92 Å². The molecule has 30 heavy (non-hydrogen) atoms. The van der Waals surface area contributed by atoms with Gasteiger partial charge in [0.15, 0.2) is 0 Å². The molecule has 0 amide bonds. The molecule has 2 heteroatoms. The molecule has 0 radical (unpaired) electrons. The van der Waals surface area contributed by atoms with E-state index in [1.807, 2.05) is 0 Å². The highest BCUT2D eigenvalue weighted by Gasteiger charge is 2.27. The fourth-order valence-corrected chi connectivity index (χ4v) is 4.02. The van der Waals surface area contributed by atoms with E-state index >= 15 is 0 Å². The van der Waals surface area contributed by atoms with Gasteiger partial charge in [-0.15, -0.1) is 0 Å². The highest BCUT2D eigenvalue weighted by Crippen LogP contribution is 2.42. The summed E-state index contributed by atoms with van der Waals surface area (Å²) in [4.78, 5) is 10.4. The standard InChI is InChI=1S/C28H48O2/c1-2-3-4-5-6-7-8-9-10-11-12-13-16-19-22-26-25-27(26)23-20-17-14-15-18-21-24-28(29)30/h7-8,14-15,23,26H,2-6,9-13,16-22,24-25H2,1H3,(H,29,30)/b8-7-,15-14-,27-23?/t26-/m1/s1. The van der Waals surface area contributed by atoms with Gasteiger partial charge in [0, 0.05) is 6.42 Å². The van der Waals surface area contributed by atoms with Crippen molar-refractivity contribution in [2.45, 2.75) is 129 Å². The Morgan fingerprint density at radius 3 is 2.00 bits per heavy atom. The molecule has 1 saturated carbocycles.